The number of carbonyl (C=O) groups is 1. The zero-order valence-corrected chi connectivity index (χ0v) is 13.0. The van der Waals surface area contributed by atoms with Crippen molar-refractivity contribution < 1.29 is 9.90 Å². The van der Waals surface area contributed by atoms with Crippen LogP contribution in [-0.4, -0.2) is 18.8 Å². The van der Waals surface area contributed by atoms with E-state index < -0.39 is 13.7 Å². The predicted octanol–water partition coefficient (Wildman–Crippen LogP) is 2.42. The van der Waals surface area contributed by atoms with Gasteiger partial charge in [0.1, 0.15) is 0 Å². The third-order valence-electron chi connectivity index (χ3n) is 3.94. The van der Waals surface area contributed by atoms with Gasteiger partial charge in [-0.25, -0.2) is 0 Å². The second kappa shape index (κ2) is 5.99. The van der Waals surface area contributed by atoms with Crippen LogP contribution >= 0.6 is 0 Å². The highest BCUT2D eigenvalue weighted by atomic mass is 28.3. The van der Waals surface area contributed by atoms with Crippen LogP contribution in [0.5, 0.6) is 0 Å². The normalized spacial score (nSPS) is 11.1. The van der Waals surface area contributed by atoms with Crippen molar-refractivity contribution in [2.24, 2.45) is 0 Å². The molecule has 0 spiro atoms. The van der Waals surface area contributed by atoms with Gasteiger partial charge in [-0.1, -0.05) is 91.0 Å². The van der Waals surface area contributed by atoms with E-state index in [1.54, 1.807) is 0 Å². The van der Waals surface area contributed by atoms with E-state index in [0.29, 0.717) is 0 Å². The molecule has 22 heavy (non-hydrogen) atoms. The molecular weight excluding hydrogens is 288 g/mol. The lowest BCUT2D eigenvalue weighted by atomic mass is 10.3. The zero-order chi connectivity index (χ0) is 15.4. The van der Waals surface area contributed by atoms with E-state index in [4.69, 9.17) is 0 Å². The molecule has 0 aromatic heterocycles. The highest BCUT2D eigenvalue weighted by Gasteiger charge is 2.47. The van der Waals surface area contributed by atoms with E-state index in [-0.39, 0.29) is 0 Å². The van der Waals surface area contributed by atoms with Gasteiger partial charge in [-0.15, -0.1) is 0 Å². The van der Waals surface area contributed by atoms with Crippen LogP contribution in [0.15, 0.2) is 91.0 Å². The summed E-state index contributed by atoms with van der Waals surface area (Å²) in [6, 6.07) is 28.8. The average molecular weight is 304 g/mol. The second-order valence-corrected chi connectivity index (χ2v) is 8.81. The molecule has 2 nitrogen and oxygen atoms in total. The third kappa shape index (κ3) is 2.25. The molecule has 0 saturated carbocycles. The summed E-state index contributed by atoms with van der Waals surface area (Å²) in [7, 11) is -3.08. The van der Waals surface area contributed by atoms with Gasteiger partial charge in [-0.2, -0.15) is 0 Å². The van der Waals surface area contributed by atoms with Crippen LogP contribution in [0.4, 0.5) is 4.79 Å². The molecule has 0 atom stereocenters. The molecule has 0 saturated heterocycles. The Morgan fingerprint density at radius 3 is 1.09 bits per heavy atom. The maximum atomic E-state index is 12.5. The van der Waals surface area contributed by atoms with Crippen LogP contribution in [0.2, 0.25) is 0 Å². The summed E-state index contributed by atoms with van der Waals surface area (Å²) < 4.78 is 0. The molecule has 3 heteroatoms. The molecule has 0 aliphatic rings. The van der Waals surface area contributed by atoms with Crippen molar-refractivity contribution in [3.05, 3.63) is 91.0 Å². The summed E-state index contributed by atoms with van der Waals surface area (Å²) in [5.74, 6) is 0. The average Bonchev–Trinajstić information content (AvgIpc) is 2.58. The van der Waals surface area contributed by atoms with Crippen LogP contribution in [0.25, 0.3) is 0 Å². The summed E-state index contributed by atoms with van der Waals surface area (Å²) in [6.07, 6.45) is 0. The van der Waals surface area contributed by atoms with E-state index >= 15 is 0 Å². The third-order valence-corrected chi connectivity index (χ3v) is 8.18. The fourth-order valence-electron chi connectivity index (χ4n) is 2.93. The van der Waals surface area contributed by atoms with E-state index in [1.165, 1.54) is 0 Å². The van der Waals surface area contributed by atoms with Gasteiger partial charge in [0.25, 0.3) is 13.7 Å². The van der Waals surface area contributed by atoms with Gasteiger partial charge in [-0.3, -0.25) is 4.79 Å². The Labute approximate surface area is 130 Å². The molecule has 0 fully saturated rings. The fraction of sp³-hybridized carbons (Fsp3) is 0. The van der Waals surface area contributed by atoms with E-state index in [0.717, 1.165) is 15.6 Å². The summed E-state index contributed by atoms with van der Waals surface area (Å²) in [6.45, 7) is 0. The van der Waals surface area contributed by atoms with Crippen LogP contribution in [0, 0.1) is 0 Å². The first-order valence-corrected chi connectivity index (χ1v) is 9.16. The highest BCUT2D eigenvalue weighted by Crippen LogP contribution is 2.09. The molecule has 0 radical (unpaired) electrons. The first kappa shape index (κ1) is 14.3. The van der Waals surface area contributed by atoms with Crippen molar-refractivity contribution >= 4 is 29.2 Å². The van der Waals surface area contributed by atoms with Crippen LogP contribution in [0.1, 0.15) is 0 Å². The van der Waals surface area contributed by atoms with Crippen molar-refractivity contribution in [3.63, 3.8) is 0 Å². The minimum Gasteiger partial charge on any atom is -0.485 e. The lowest BCUT2D eigenvalue weighted by molar-refractivity contribution is 0.219. The first-order chi connectivity index (χ1) is 10.8. The minimum absolute atomic E-state index is 0.740. The molecule has 0 heterocycles. The first-order valence-electron chi connectivity index (χ1n) is 7.16. The van der Waals surface area contributed by atoms with Crippen molar-refractivity contribution in [2.75, 3.05) is 0 Å². The fourth-order valence-corrected chi connectivity index (χ4v) is 6.75. The molecule has 0 amide bonds. The smallest absolute Gasteiger partial charge is 0.285 e. The van der Waals surface area contributed by atoms with Crippen molar-refractivity contribution in [3.8, 4) is 0 Å². The van der Waals surface area contributed by atoms with Crippen molar-refractivity contribution in [1.29, 1.82) is 0 Å². The molecule has 3 aromatic rings. The summed E-state index contributed by atoms with van der Waals surface area (Å²) >= 11 is 0. The molecule has 3 aromatic carbocycles. The van der Waals surface area contributed by atoms with Crippen LogP contribution in [0.3, 0.4) is 0 Å². The molecule has 0 aliphatic heterocycles. The summed E-state index contributed by atoms with van der Waals surface area (Å²) in [5.41, 5.74) is -0.740. The largest absolute Gasteiger partial charge is 0.485 e. The van der Waals surface area contributed by atoms with Gasteiger partial charge < -0.3 is 5.11 Å². The van der Waals surface area contributed by atoms with Gasteiger partial charge in [0, 0.05) is 0 Å². The quantitative estimate of drug-likeness (QED) is 0.594. The Morgan fingerprint density at radius 2 is 0.864 bits per heavy atom. The molecule has 0 bridgehead atoms. The highest BCUT2D eigenvalue weighted by molar-refractivity contribution is 7.29. The van der Waals surface area contributed by atoms with Gasteiger partial charge in [0.05, 0.1) is 0 Å². The molecule has 108 valence electrons. The monoisotopic (exact) mass is 304 g/mol. The lowest BCUT2D eigenvalue weighted by Crippen LogP contribution is -2.72. The molecular formula is C19H16O2Si. The lowest BCUT2D eigenvalue weighted by Gasteiger charge is -2.28. The SMILES string of the molecule is O=C(O)[Si](c1ccccc1)(c1ccccc1)c1ccccc1. The minimum atomic E-state index is -3.08. The van der Waals surface area contributed by atoms with E-state index in [9.17, 15) is 9.90 Å². The van der Waals surface area contributed by atoms with Crippen LogP contribution < -0.4 is 15.6 Å². The number of hydrogen-bond donors (Lipinski definition) is 1. The Balaban J connectivity index is 2.37. The van der Waals surface area contributed by atoms with Gasteiger partial charge in [0.2, 0.25) is 0 Å². The summed E-state index contributed by atoms with van der Waals surface area (Å²) in [5, 5.41) is 12.9. The molecule has 3 rings (SSSR count). The maximum Gasteiger partial charge on any atom is 0.285 e. The Morgan fingerprint density at radius 1 is 0.591 bits per heavy atom. The van der Waals surface area contributed by atoms with Gasteiger partial charge >= 0.3 is 0 Å². The number of rotatable bonds is 4. The van der Waals surface area contributed by atoms with Gasteiger partial charge in [-0.05, 0) is 15.6 Å². The van der Waals surface area contributed by atoms with Crippen LogP contribution in [-0.2, 0) is 0 Å². The number of benzene rings is 3. The number of carboxylic acid groups (broad SMARTS) is 1. The Kier molecular flexibility index (Phi) is 3.89. The van der Waals surface area contributed by atoms with E-state index in [2.05, 4.69) is 0 Å². The maximum absolute atomic E-state index is 12.5. The second-order valence-electron chi connectivity index (χ2n) is 5.15. The van der Waals surface area contributed by atoms with Gasteiger partial charge in [0.15, 0.2) is 0 Å². The van der Waals surface area contributed by atoms with Crippen molar-refractivity contribution in [1.82, 2.24) is 0 Å². The van der Waals surface area contributed by atoms with Crippen molar-refractivity contribution in [2.45, 2.75) is 0 Å². The topological polar surface area (TPSA) is 37.3 Å². The zero-order valence-electron chi connectivity index (χ0n) is 12.0. The van der Waals surface area contributed by atoms with E-state index in [1.807, 2.05) is 91.0 Å². The molecule has 0 aliphatic carbocycles. The summed E-state index contributed by atoms with van der Waals surface area (Å²) in [4.78, 5) is 12.5. The number of hydrogen-bond acceptors (Lipinski definition) is 1. The standard InChI is InChI=1S/C19H16O2Si/c20-19(21)22(16-10-4-1-5-11-16,17-12-6-2-7-13-17)18-14-8-3-9-15-18/h1-15H,(H,20,21). The Hall–Kier alpha value is -2.65. The molecule has 0 unspecified atom stereocenters. The predicted molar refractivity (Wildman–Crippen MR) is 92.0 cm³/mol. The molecule has 1 N–H and O–H groups in total. The Bertz CT molecular complexity index is 659.